The molecule has 2 aliphatic carbocycles. The lowest BCUT2D eigenvalue weighted by atomic mass is 9.96. The van der Waals surface area contributed by atoms with Gasteiger partial charge in [-0.2, -0.15) is 0 Å². The number of aromatic nitrogens is 1. The van der Waals surface area contributed by atoms with Crippen LogP contribution >= 0.6 is 0 Å². The van der Waals surface area contributed by atoms with E-state index in [1.54, 1.807) is 0 Å². The largest absolute Gasteiger partial charge is 0.355 e. The maximum Gasteiger partial charge on any atom is 0.128 e. The molecular formula is C16H23N3. The van der Waals surface area contributed by atoms with Crippen molar-refractivity contribution in [1.82, 2.24) is 4.98 Å². The van der Waals surface area contributed by atoms with Crippen LogP contribution in [0.2, 0.25) is 0 Å². The van der Waals surface area contributed by atoms with Crippen LogP contribution in [-0.2, 0) is 12.8 Å². The van der Waals surface area contributed by atoms with Crippen LogP contribution in [0.1, 0.15) is 36.9 Å². The summed E-state index contributed by atoms with van der Waals surface area (Å²) in [4.78, 5) is 7.33. The van der Waals surface area contributed by atoms with Gasteiger partial charge in [-0.25, -0.2) is 4.98 Å². The van der Waals surface area contributed by atoms with Crippen molar-refractivity contribution in [2.24, 2.45) is 17.6 Å². The van der Waals surface area contributed by atoms with Crippen LogP contribution in [0, 0.1) is 11.8 Å². The molecule has 0 bridgehead atoms. The zero-order valence-electron chi connectivity index (χ0n) is 11.5. The number of hydrogen-bond donors (Lipinski definition) is 1. The third-order valence-electron chi connectivity index (χ3n) is 5.13. The standard InChI is InChI=1S/C16H23N3/c17-14-10-19(9-13(14)11-5-6-11)16-8-7-12-3-1-2-4-15(12)18-16/h7-8,11,13-14H,1-6,9-10,17H2/t13-,14+/m1/s1. The Bertz CT molecular complexity index is 481. The summed E-state index contributed by atoms with van der Waals surface area (Å²) in [6.45, 7) is 2.12. The molecule has 1 aliphatic heterocycles. The fraction of sp³-hybridized carbons (Fsp3) is 0.688. The lowest BCUT2D eigenvalue weighted by Crippen LogP contribution is -2.30. The van der Waals surface area contributed by atoms with E-state index < -0.39 is 0 Å². The van der Waals surface area contributed by atoms with Gasteiger partial charge in [0.2, 0.25) is 0 Å². The summed E-state index contributed by atoms with van der Waals surface area (Å²) in [7, 11) is 0. The Kier molecular flexibility index (Phi) is 2.76. The van der Waals surface area contributed by atoms with Gasteiger partial charge in [-0.05, 0) is 62.0 Å². The van der Waals surface area contributed by atoms with E-state index in [4.69, 9.17) is 10.7 Å². The molecule has 0 spiro atoms. The average molecular weight is 257 g/mol. The smallest absolute Gasteiger partial charge is 0.128 e. The Morgan fingerprint density at radius 3 is 2.79 bits per heavy atom. The Morgan fingerprint density at radius 1 is 1.11 bits per heavy atom. The normalized spacial score (nSPS) is 30.5. The lowest BCUT2D eigenvalue weighted by Gasteiger charge is -2.21. The predicted octanol–water partition coefficient (Wildman–Crippen LogP) is 2.13. The number of nitrogens with zero attached hydrogens (tertiary/aromatic N) is 2. The molecule has 2 N–H and O–H groups in total. The minimum absolute atomic E-state index is 0.352. The highest BCUT2D eigenvalue weighted by Crippen LogP contribution is 2.41. The molecule has 2 heterocycles. The number of rotatable bonds is 2. The van der Waals surface area contributed by atoms with E-state index in [9.17, 15) is 0 Å². The number of aryl methyl sites for hydroxylation is 2. The van der Waals surface area contributed by atoms with Gasteiger partial charge in [0.1, 0.15) is 5.82 Å². The van der Waals surface area contributed by atoms with Crippen molar-refractivity contribution in [2.75, 3.05) is 18.0 Å². The fourth-order valence-corrected chi connectivity index (χ4v) is 3.81. The van der Waals surface area contributed by atoms with E-state index in [-0.39, 0.29) is 0 Å². The van der Waals surface area contributed by atoms with Crippen molar-refractivity contribution >= 4 is 5.82 Å². The van der Waals surface area contributed by atoms with Gasteiger partial charge in [0.25, 0.3) is 0 Å². The molecule has 0 amide bonds. The first kappa shape index (κ1) is 11.7. The number of pyridine rings is 1. The molecule has 4 rings (SSSR count). The van der Waals surface area contributed by atoms with Crippen LogP contribution in [-0.4, -0.2) is 24.1 Å². The summed E-state index contributed by atoms with van der Waals surface area (Å²) >= 11 is 0. The van der Waals surface area contributed by atoms with Gasteiger partial charge in [-0.3, -0.25) is 0 Å². The first-order valence-corrected chi connectivity index (χ1v) is 7.80. The molecule has 2 atom stereocenters. The van der Waals surface area contributed by atoms with Gasteiger partial charge in [0.05, 0.1) is 0 Å². The van der Waals surface area contributed by atoms with Crippen molar-refractivity contribution in [3.8, 4) is 0 Å². The molecule has 0 aromatic carbocycles. The van der Waals surface area contributed by atoms with Crippen molar-refractivity contribution in [3.63, 3.8) is 0 Å². The van der Waals surface area contributed by atoms with E-state index in [0.29, 0.717) is 12.0 Å². The summed E-state index contributed by atoms with van der Waals surface area (Å²) < 4.78 is 0. The van der Waals surface area contributed by atoms with Gasteiger partial charge < -0.3 is 10.6 Å². The van der Waals surface area contributed by atoms with Crippen LogP contribution in [0.5, 0.6) is 0 Å². The van der Waals surface area contributed by atoms with Crippen molar-refractivity contribution in [3.05, 3.63) is 23.4 Å². The average Bonchev–Trinajstić information content (AvgIpc) is 3.21. The summed E-state index contributed by atoms with van der Waals surface area (Å²) in [6, 6.07) is 4.87. The van der Waals surface area contributed by atoms with E-state index in [1.165, 1.54) is 49.2 Å². The number of nitrogens with two attached hydrogens (primary N) is 1. The molecule has 1 saturated heterocycles. The van der Waals surface area contributed by atoms with E-state index in [2.05, 4.69) is 17.0 Å². The SMILES string of the molecule is N[C@H]1CN(c2ccc3c(n2)CCCC3)C[C@@H]1C1CC1. The molecule has 0 radical (unpaired) electrons. The first-order valence-electron chi connectivity index (χ1n) is 7.80. The fourth-order valence-electron chi connectivity index (χ4n) is 3.81. The van der Waals surface area contributed by atoms with Gasteiger partial charge in [-0.1, -0.05) is 6.07 Å². The van der Waals surface area contributed by atoms with Crippen LogP contribution in [0.4, 0.5) is 5.82 Å². The van der Waals surface area contributed by atoms with Crippen molar-refractivity contribution in [2.45, 2.75) is 44.6 Å². The molecule has 1 aromatic rings. The Morgan fingerprint density at radius 2 is 1.95 bits per heavy atom. The summed E-state index contributed by atoms with van der Waals surface area (Å²) in [5.41, 5.74) is 9.13. The highest BCUT2D eigenvalue weighted by atomic mass is 15.2. The molecule has 3 nitrogen and oxygen atoms in total. The monoisotopic (exact) mass is 257 g/mol. The second-order valence-corrected chi connectivity index (χ2v) is 6.55. The molecule has 0 unspecified atom stereocenters. The maximum atomic E-state index is 6.32. The predicted molar refractivity (Wildman–Crippen MR) is 77.3 cm³/mol. The number of anilines is 1. The van der Waals surface area contributed by atoms with Crippen LogP contribution in [0.25, 0.3) is 0 Å². The second-order valence-electron chi connectivity index (χ2n) is 6.55. The maximum absolute atomic E-state index is 6.32. The highest BCUT2D eigenvalue weighted by molar-refractivity contribution is 5.44. The van der Waals surface area contributed by atoms with E-state index >= 15 is 0 Å². The second kappa shape index (κ2) is 4.48. The highest BCUT2D eigenvalue weighted by Gasteiger charge is 2.41. The minimum atomic E-state index is 0.352. The molecule has 102 valence electrons. The van der Waals surface area contributed by atoms with Crippen molar-refractivity contribution < 1.29 is 0 Å². The van der Waals surface area contributed by atoms with Crippen LogP contribution in [0.3, 0.4) is 0 Å². The third-order valence-corrected chi connectivity index (χ3v) is 5.13. The Balaban J connectivity index is 1.56. The summed E-state index contributed by atoms with van der Waals surface area (Å²) in [5, 5.41) is 0. The van der Waals surface area contributed by atoms with Gasteiger partial charge in [-0.15, -0.1) is 0 Å². The molecule has 1 aromatic heterocycles. The van der Waals surface area contributed by atoms with Gasteiger partial charge in [0, 0.05) is 24.8 Å². The zero-order chi connectivity index (χ0) is 12.8. The number of hydrogen-bond acceptors (Lipinski definition) is 3. The van der Waals surface area contributed by atoms with Crippen molar-refractivity contribution in [1.29, 1.82) is 0 Å². The molecule has 3 heteroatoms. The van der Waals surface area contributed by atoms with E-state index in [1.807, 2.05) is 0 Å². The van der Waals surface area contributed by atoms with Crippen LogP contribution < -0.4 is 10.6 Å². The Hall–Kier alpha value is -1.09. The van der Waals surface area contributed by atoms with E-state index in [0.717, 1.165) is 25.4 Å². The first-order chi connectivity index (χ1) is 9.31. The van der Waals surface area contributed by atoms with Crippen LogP contribution in [0.15, 0.2) is 12.1 Å². The lowest BCUT2D eigenvalue weighted by molar-refractivity contribution is 0.456. The molecule has 3 aliphatic rings. The molecular weight excluding hydrogens is 234 g/mol. The van der Waals surface area contributed by atoms with Gasteiger partial charge >= 0.3 is 0 Å². The molecule has 1 saturated carbocycles. The minimum Gasteiger partial charge on any atom is -0.355 e. The Labute approximate surface area is 115 Å². The van der Waals surface area contributed by atoms with Gasteiger partial charge in [0.15, 0.2) is 0 Å². The topological polar surface area (TPSA) is 42.1 Å². The zero-order valence-corrected chi connectivity index (χ0v) is 11.5. The molecule has 2 fully saturated rings. The third kappa shape index (κ3) is 2.14. The quantitative estimate of drug-likeness (QED) is 0.882. The summed E-state index contributed by atoms with van der Waals surface area (Å²) in [5.74, 6) is 2.77. The number of fused-ring (bicyclic) bond motifs is 1. The summed E-state index contributed by atoms with van der Waals surface area (Å²) in [6.07, 6.45) is 7.79. The molecule has 19 heavy (non-hydrogen) atoms.